The molecule has 0 saturated carbocycles. The van der Waals surface area contributed by atoms with Gasteiger partial charge in [0.05, 0.1) is 0 Å². The summed E-state index contributed by atoms with van der Waals surface area (Å²) in [6, 6.07) is 13.0. The lowest BCUT2D eigenvalue weighted by Gasteiger charge is -2.36. The summed E-state index contributed by atoms with van der Waals surface area (Å²) in [4.78, 5) is 10.1. The van der Waals surface area contributed by atoms with Crippen molar-refractivity contribution in [1.82, 2.24) is 9.97 Å². The number of hydrogen-bond acceptors (Lipinski definition) is 4. The van der Waals surface area contributed by atoms with Crippen molar-refractivity contribution in [2.75, 3.05) is 32.2 Å². The minimum Gasteiger partial charge on any atom is -0.372 e. The molecule has 0 bridgehead atoms. The van der Waals surface area contributed by atoms with Crippen LogP contribution in [0, 0.1) is 5.92 Å². The molecule has 0 unspecified atom stereocenters. The Hall–Kier alpha value is -2.37. The standard InChI is InChI=1S/C21H25N3O2/c1-25-21(26-2)16-8-11-24(12-9-16)19-5-3-15(4-6-19)18-13-17-7-10-22-20(17)23-14-18/h3-7,10,13-14,16,21H,8-9,11-12H2,1-2H3,(H,22,23). The number of hydrogen-bond donors (Lipinski definition) is 1. The number of piperidine rings is 1. The molecule has 1 aliphatic heterocycles. The minimum absolute atomic E-state index is 0.0876. The van der Waals surface area contributed by atoms with Gasteiger partial charge in [-0.2, -0.15) is 0 Å². The first-order valence-corrected chi connectivity index (χ1v) is 9.12. The van der Waals surface area contributed by atoms with E-state index in [-0.39, 0.29) is 6.29 Å². The van der Waals surface area contributed by atoms with E-state index < -0.39 is 0 Å². The molecule has 1 aliphatic rings. The number of H-pyrrole nitrogens is 1. The van der Waals surface area contributed by atoms with Crippen molar-refractivity contribution in [2.24, 2.45) is 5.92 Å². The van der Waals surface area contributed by atoms with Gasteiger partial charge in [-0.05, 0) is 42.7 Å². The number of fused-ring (bicyclic) bond motifs is 1. The van der Waals surface area contributed by atoms with E-state index in [0.29, 0.717) is 5.92 Å². The fourth-order valence-electron chi connectivity index (χ4n) is 3.87. The first-order chi connectivity index (χ1) is 12.8. The van der Waals surface area contributed by atoms with Crippen LogP contribution in [-0.2, 0) is 9.47 Å². The highest BCUT2D eigenvalue weighted by atomic mass is 16.7. The van der Waals surface area contributed by atoms with Crippen molar-refractivity contribution >= 4 is 16.7 Å². The molecular formula is C21H25N3O2. The third kappa shape index (κ3) is 3.32. The molecule has 1 N–H and O–H groups in total. The molecular weight excluding hydrogens is 326 g/mol. The maximum Gasteiger partial charge on any atom is 0.159 e. The minimum atomic E-state index is -0.0876. The highest BCUT2D eigenvalue weighted by Gasteiger charge is 2.26. The molecule has 136 valence electrons. The molecule has 0 radical (unpaired) electrons. The van der Waals surface area contributed by atoms with Gasteiger partial charge < -0.3 is 19.4 Å². The number of aromatic amines is 1. The van der Waals surface area contributed by atoms with E-state index in [1.54, 1.807) is 14.2 Å². The van der Waals surface area contributed by atoms with Gasteiger partial charge in [-0.1, -0.05) is 12.1 Å². The summed E-state index contributed by atoms with van der Waals surface area (Å²) in [7, 11) is 3.44. The number of aromatic nitrogens is 2. The number of rotatable bonds is 5. The molecule has 1 fully saturated rings. The molecule has 0 amide bonds. The average molecular weight is 351 g/mol. The second kappa shape index (κ2) is 7.48. The molecule has 2 aromatic heterocycles. The third-order valence-corrected chi connectivity index (χ3v) is 5.36. The van der Waals surface area contributed by atoms with Crippen LogP contribution in [0.4, 0.5) is 5.69 Å². The van der Waals surface area contributed by atoms with E-state index >= 15 is 0 Å². The molecule has 5 nitrogen and oxygen atoms in total. The van der Waals surface area contributed by atoms with Crippen LogP contribution < -0.4 is 4.90 Å². The molecule has 1 aromatic carbocycles. The van der Waals surface area contributed by atoms with Gasteiger partial charge in [-0.3, -0.25) is 0 Å². The summed E-state index contributed by atoms with van der Waals surface area (Å²) in [5.74, 6) is 0.472. The molecule has 5 heteroatoms. The Labute approximate surface area is 153 Å². The van der Waals surface area contributed by atoms with Gasteiger partial charge in [0.1, 0.15) is 5.65 Å². The first kappa shape index (κ1) is 17.1. The van der Waals surface area contributed by atoms with Gasteiger partial charge in [0.15, 0.2) is 6.29 Å². The van der Waals surface area contributed by atoms with Crippen molar-refractivity contribution < 1.29 is 9.47 Å². The van der Waals surface area contributed by atoms with Crippen molar-refractivity contribution in [3.63, 3.8) is 0 Å². The topological polar surface area (TPSA) is 50.4 Å². The van der Waals surface area contributed by atoms with Gasteiger partial charge in [0.25, 0.3) is 0 Å². The first-order valence-electron chi connectivity index (χ1n) is 9.12. The van der Waals surface area contributed by atoms with Crippen LogP contribution in [-0.4, -0.2) is 43.6 Å². The average Bonchev–Trinajstić information content (AvgIpc) is 3.17. The highest BCUT2D eigenvalue weighted by molar-refractivity contribution is 5.81. The zero-order valence-electron chi connectivity index (χ0n) is 15.3. The normalized spacial score (nSPS) is 15.9. The second-order valence-electron chi connectivity index (χ2n) is 6.85. The van der Waals surface area contributed by atoms with Crippen molar-refractivity contribution in [2.45, 2.75) is 19.1 Å². The van der Waals surface area contributed by atoms with Crippen LogP contribution in [0.25, 0.3) is 22.2 Å². The van der Waals surface area contributed by atoms with E-state index in [1.807, 2.05) is 12.4 Å². The Morgan fingerprint density at radius 3 is 2.46 bits per heavy atom. The number of anilines is 1. The van der Waals surface area contributed by atoms with Gasteiger partial charge in [-0.15, -0.1) is 0 Å². The number of benzene rings is 1. The Morgan fingerprint density at radius 2 is 1.77 bits per heavy atom. The zero-order valence-corrected chi connectivity index (χ0v) is 15.3. The fourth-order valence-corrected chi connectivity index (χ4v) is 3.87. The van der Waals surface area contributed by atoms with Crippen LogP contribution >= 0.6 is 0 Å². The Morgan fingerprint density at radius 1 is 1.04 bits per heavy atom. The number of nitrogens with one attached hydrogen (secondary N) is 1. The quantitative estimate of drug-likeness (QED) is 0.704. The van der Waals surface area contributed by atoms with Crippen LogP contribution in [0.3, 0.4) is 0 Å². The fraction of sp³-hybridized carbons (Fsp3) is 0.381. The number of methoxy groups -OCH3 is 2. The number of ether oxygens (including phenoxy) is 2. The van der Waals surface area contributed by atoms with E-state index in [0.717, 1.165) is 42.5 Å². The lowest BCUT2D eigenvalue weighted by molar-refractivity contribution is -0.141. The summed E-state index contributed by atoms with van der Waals surface area (Å²) in [5, 5.41) is 1.14. The third-order valence-electron chi connectivity index (χ3n) is 5.36. The lowest BCUT2D eigenvalue weighted by atomic mass is 9.95. The van der Waals surface area contributed by atoms with Crippen LogP contribution in [0.5, 0.6) is 0 Å². The van der Waals surface area contributed by atoms with Crippen molar-refractivity contribution in [3.05, 3.63) is 48.8 Å². The molecule has 0 aliphatic carbocycles. The smallest absolute Gasteiger partial charge is 0.159 e. The van der Waals surface area contributed by atoms with Crippen molar-refractivity contribution in [1.29, 1.82) is 0 Å². The zero-order chi connectivity index (χ0) is 17.9. The summed E-state index contributed by atoms with van der Waals surface area (Å²) >= 11 is 0. The molecule has 26 heavy (non-hydrogen) atoms. The molecule has 3 heterocycles. The summed E-state index contributed by atoms with van der Waals surface area (Å²) in [6.45, 7) is 2.06. The van der Waals surface area contributed by atoms with Crippen LogP contribution in [0.2, 0.25) is 0 Å². The predicted molar refractivity (Wildman–Crippen MR) is 104 cm³/mol. The summed E-state index contributed by atoms with van der Waals surface area (Å²) < 4.78 is 10.8. The second-order valence-corrected chi connectivity index (χ2v) is 6.85. The highest BCUT2D eigenvalue weighted by Crippen LogP contribution is 2.29. The van der Waals surface area contributed by atoms with Crippen LogP contribution in [0.15, 0.2) is 48.8 Å². The molecule has 4 rings (SSSR count). The van der Waals surface area contributed by atoms with Gasteiger partial charge >= 0.3 is 0 Å². The molecule has 3 aromatic rings. The Balaban J connectivity index is 1.45. The maximum atomic E-state index is 5.42. The SMILES string of the molecule is COC(OC)C1CCN(c2ccc(-c3cnc4[nH]ccc4c3)cc2)CC1. The molecule has 1 saturated heterocycles. The van der Waals surface area contributed by atoms with Gasteiger partial charge in [0, 0.05) is 62.3 Å². The van der Waals surface area contributed by atoms with E-state index in [4.69, 9.17) is 9.47 Å². The summed E-state index contributed by atoms with van der Waals surface area (Å²) in [6.07, 6.45) is 5.93. The maximum absolute atomic E-state index is 5.42. The molecule has 0 spiro atoms. The lowest BCUT2D eigenvalue weighted by Crippen LogP contribution is -2.39. The van der Waals surface area contributed by atoms with Gasteiger partial charge in [-0.25, -0.2) is 4.98 Å². The Kier molecular flexibility index (Phi) is 4.91. The Bertz CT molecular complexity index is 847. The van der Waals surface area contributed by atoms with Crippen molar-refractivity contribution in [3.8, 4) is 11.1 Å². The molecule has 0 atom stereocenters. The van der Waals surface area contributed by atoms with E-state index in [9.17, 15) is 0 Å². The van der Waals surface area contributed by atoms with E-state index in [1.165, 1.54) is 11.3 Å². The van der Waals surface area contributed by atoms with Gasteiger partial charge in [0.2, 0.25) is 0 Å². The summed E-state index contributed by atoms with van der Waals surface area (Å²) in [5.41, 5.74) is 4.54. The number of nitrogens with zero attached hydrogens (tertiary/aromatic N) is 2. The van der Waals surface area contributed by atoms with E-state index in [2.05, 4.69) is 51.3 Å². The predicted octanol–water partition coefficient (Wildman–Crippen LogP) is 4.07. The van der Waals surface area contributed by atoms with Crippen LogP contribution in [0.1, 0.15) is 12.8 Å². The monoisotopic (exact) mass is 351 g/mol. The largest absolute Gasteiger partial charge is 0.372 e. The number of pyridine rings is 1.